The molecule has 0 unspecified atom stereocenters. The standard InChI is InChI=1S/C18H12N2/c1-2-4-16-13(3-1)5-6-14-11-15(7-8-17(14)16)18-12-19-9-10-20-18/h1-12H. The lowest BCUT2D eigenvalue weighted by Gasteiger charge is -2.06. The van der Waals surface area contributed by atoms with Crippen molar-refractivity contribution in [3.63, 3.8) is 0 Å². The van der Waals surface area contributed by atoms with Crippen LogP contribution < -0.4 is 0 Å². The summed E-state index contributed by atoms with van der Waals surface area (Å²) in [5, 5.41) is 5.06. The van der Waals surface area contributed by atoms with E-state index in [1.807, 2.05) is 0 Å². The molecule has 2 nitrogen and oxygen atoms in total. The smallest absolute Gasteiger partial charge is 0.0885 e. The van der Waals surface area contributed by atoms with Gasteiger partial charge in [-0.25, -0.2) is 0 Å². The lowest BCUT2D eigenvalue weighted by atomic mass is 9.99. The zero-order valence-electron chi connectivity index (χ0n) is 10.8. The third-order valence-corrected chi connectivity index (χ3v) is 3.60. The first kappa shape index (κ1) is 11.1. The van der Waals surface area contributed by atoms with Crippen LogP contribution in [0.2, 0.25) is 0 Å². The van der Waals surface area contributed by atoms with E-state index >= 15 is 0 Å². The Morgan fingerprint density at radius 1 is 0.700 bits per heavy atom. The summed E-state index contributed by atoms with van der Waals surface area (Å²) in [5.74, 6) is 0. The Bertz CT molecular complexity index is 899. The minimum absolute atomic E-state index is 0.905. The monoisotopic (exact) mass is 256 g/mol. The van der Waals surface area contributed by atoms with E-state index in [9.17, 15) is 0 Å². The van der Waals surface area contributed by atoms with Gasteiger partial charge >= 0.3 is 0 Å². The Labute approximate surface area is 116 Å². The Morgan fingerprint density at radius 2 is 1.55 bits per heavy atom. The van der Waals surface area contributed by atoms with Crippen LogP contribution in [0.5, 0.6) is 0 Å². The van der Waals surface area contributed by atoms with Gasteiger partial charge in [0.15, 0.2) is 0 Å². The number of hydrogen-bond acceptors (Lipinski definition) is 2. The summed E-state index contributed by atoms with van der Waals surface area (Å²) in [7, 11) is 0. The predicted molar refractivity (Wildman–Crippen MR) is 82.5 cm³/mol. The van der Waals surface area contributed by atoms with Crippen molar-refractivity contribution in [3.8, 4) is 11.3 Å². The van der Waals surface area contributed by atoms with Gasteiger partial charge in [-0.3, -0.25) is 9.97 Å². The molecule has 0 radical (unpaired) electrons. The van der Waals surface area contributed by atoms with E-state index in [4.69, 9.17) is 0 Å². The molecule has 3 aromatic carbocycles. The van der Waals surface area contributed by atoms with Crippen LogP contribution in [0.25, 0.3) is 32.8 Å². The summed E-state index contributed by atoms with van der Waals surface area (Å²) >= 11 is 0. The molecule has 4 aromatic rings. The van der Waals surface area contributed by atoms with Crippen molar-refractivity contribution in [1.82, 2.24) is 9.97 Å². The Balaban J connectivity index is 1.99. The van der Waals surface area contributed by atoms with E-state index in [0.717, 1.165) is 11.3 Å². The van der Waals surface area contributed by atoms with E-state index in [-0.39, 0.29) is 0 Å². The second-order valence-electron chi connectivity index (χ2n) is 4.81. The van der Waals surface area contributed by atoms with Crippen molar-refractivity contribution in [1.29, 1.82) is 0 Å². The number of rotatable bonds is 1. The highest BCUT2D eigenvalue weighted by Gasteiger charge is 2.03. The van der Waals surface area contributed by atoms with E-state index in [2.05, 4.69) is 64.6 Å². The average Bonchev–Trinajstić information content (AvgIpc) is 2.55. The van der Waals surface area contributed by atoms with Gasteiger partial charge in [0, 0.05) is 18.0 Å². The van der Waals surface area contributed by atoms with Gasteiger partial charge in [0.25, 0.3) is 0 Å². The fourth-order valence-electron chi connectivity index (χ4n) is 2.62. The maximum absolute atomic E-state index is 4.36. The van der Waals surface area contributed by atoms with Crippen LogP contribution in [-0.2, 0) is 0 Å². The second-order valence-corrected chi connectivity index (χ2v) is 4.81. The van der Waals surface area contributed by atoms with Gasteiger partial charge in [-0.05, 0) is 27.6 Å². The molecule has 0 saturated heterocycles. The minimum Gasteiger partial charge on any atom is -0.261 e. The van der Waals surface area contributed by atoms with E-state index in [0.29, 0.717) is 0 Å². The first-order chi connectivity index (χ1) is 9.92. The molecule has 94 valence electrons. The number of nitrogens with zero attached hydrogens (tertiary/aromatic N) is 2. The molecule has 0 amide bonds. The maximum Gasteiger partial charge on any atom is 0.0885 e. The summed E-state index contributed by atoms with van der Waals surface area (Å²) in [5.41, 5.74) is 2.00. The molecule has 0 N–H and O–H groups in total. The second kappa shape index (κ2) is 4.42. The minimum atomic E-state index is 0.905. The molecule has 20 heavy (non-hydrogen) atoms. The van der Waals surface area contributed by atoms with Crippen LogP contribution in [0.3, 0.4) is 0 Å². The van der Waals surface area contributed by atoms with Gasteiger partial charge < -0.3 is 0 Å². The highest BCUT2D eigenvalue weighted by Crippen LogP contribution is 2.28. The molecule has 0 aliphatic carbocycles. The van der Waals surface area contributed by atoms with Gasteiger partial charge in [-0.2, -0.15) is 0 Å². The molecule has 0 fully saturated rings. The molecule has 0 bridgehead atoms. The number of fused-ring (bicyclic) bond motifs is 3. The lowest BCUT2D eigenvalue weighted by Crippen LogP contribution is -1.85. The first-order valence-corrected chi connectivity index (χ1v) is 6.60. The number of hydrogen-bond donors (Lipinski definition) is 0. The quantitative estimate of drug-likeness (QED) is 0.470. The largest absolute Gasteiger partial charge is 0.261 e. The van der Waals surface area contributed by atoms with E-state index in [1.54, 1.807) is 18.6 Å². The molecule has 2 heteroatoms. The van der Waals surface area contributed by atoms with Crippen LogP contribution in [0.4, 0.5) is 0 Å². The molecule has 0 saturated carbocycles. The zero-order chi connectivity index (χ0) is 13.4. The summed E-state index contributed by atoms with van der Waals surface area (Å²) in [6.45, 7) is 0. The fraction of sp³-hybridized carbons (Fsp3) is 0. The fourth-order valence-corrected chi connectivity index (χ4v) is 2.62. The highest BCUT2D eigenvalue weighted by atomic mass is 14.8. The third-order valence-electron chi connectivity index (χ3n) is 3.60. The van der Waals surface area contributed by atoms with Crippen LogP contribution in [0.15, 0.2) is 73.2 Å². The Kier molecular flexibility index (Phi) is 2.46. The van der Waals surface area contributed by atoms with Gasteiger partial charge in [0.1, 0.15) is 0 Å². The van der Waals surface area contributed by atoms with E-state index < -0.39 is 0 Å². The Hall–Kier alpha value is -2.74. The summed E-state index contributed by atoms with van der Waals surface area (Å²) in [6, 6.07) is 19.2. The van der Waals surface area contributed by atoms with Gasteiger partial charge in [0.05, 0.1) is 11.9 Å². The third kappa shape index (κ3) is 1.74. The maximum atomic E-state index is 4.36. The van der Waals surface area contributed by atoms with Crippen molar-refractivity contribution in [2.24, 2.45) is 0 Å². The molecule has 4 rings (SSSR count). The average molecular weight is 256 g/mol. The molecular formula is C18H12N2. The predicted octanol–water partition coefficient (Wildman–Crippen LogP) is 4.45. The topological polar surface area (TPSA) is 25.8 Å². The van der Waals surface area contributed by atoms with Crippen molar-refractivity contribution >= 4 is 21.5 Å². The van der Waals surface area contributed by atoms with Gasteiger partial charge in [0.2, 0.25) is 0 Å². The SMILES string of the molecule is c1ccc2c(c1)ccc1cc(-c3cnccn3)ccc12. The lowest BCUT2D eigenvalue weighted by molar-refractivity contribution is 1.21. The van der Waals surface area contributed by atoms with Gasteiger partial charge in [-0.15, -0.1) is 0 Å². The van der Waals surface area contributed by atoms with E-state index in [1.165, 1.54) is 21.5 Å². The normalized spacial score (nSPS) is 11.0. The summed E-state index contributed by atoms with van der Waals surface area (Å²) < 4.78 is 0. The van der Waals surface area contributed by atoms with Crippen LogP contribution >= 0.6 is 0 Å². The van der Waals surface area contributed by atoms with Crippen molar-refractivity contribution < 1.29 is 0 Å². The van der Waals surface area contributed by atoms with Crippen molar-refractivity contribution in [2.75, 3.05) is 0 Å². The number of aromatic nitrogens is 2. The van der Waals surface area contributed by atoms with Crippen LogP contribution in [-0.4, -0.2) is 9.97 Å². The van der Waals surface area contributed by atoms with Crippen molar-refractivity contribution in [2.45, 2.75) is 0 Å². The van der Waals surface area contributed by atoms with Gasteiger partial charge in [-0.1, -0.05) is 48.5 Å². The number of benzene rings is 3. The molecule has 1 heterocycles. The summed E-state index contributed by atoms with van der Waals surface area (Å²) in [4.78, 5) is 8.48. The molecule has 0 atom stereocenters. The zero-order valence-corrected chi connectivity index (χ0v) is 10.8. The Morgan fingerprint density at radius 3 is 2.45 bits per heavy atom. The van der Waals surface area contributed by atoms with Crippen LogP contribution in [0, 0.1) is 0 Å². The molecule has 0 aliphatic heterocycles. The highest BCUT2D eigenvalue weighted by molar-refractivity contribution is 6.08. The van der Waals surface area contributed by atoms with Crippen molar-refractivity contribution in [3.05, 3.63) is 73.2 Å². The van der Waals surface area contributed by atoms with Crippen LogP contribution in [0.1, 0.15) is 0 Å². The molecule has 0 aliphatic rings. The molecule has 0 spiro atoms. The summed E-state index contributed by atoms with van der Waals surface area (Å²) in [6.07, 6.45) is 5.21. The first-order valence-electron chi connectivity index (χ1n) is 6.60. The molecule has 1 aromatic heterocycles. The molecular weight excluding hydrogens is 244 g/mol.